The summed E-state index contributed by atoms with van der Waals surface area (Å²) >= 11 is 0. The Hall–Kier alpha value is -0.130. The van der Waals surface area contributed by atoms with Crippen LogP contribution in [0.5, 0.6) is 0 Å². The molecule has 2 saturated heterocycles. The lowest BCUT2D eigenvalue weighted by molar-refractivity contribution is 0.219. The Morgan fingerprint density at radius 3 is 2.40 bits per heavy atom. The highest BCUT2D eigenvalue weighted by Crippen LogP contribution is 2.24. The van der Waals surface area contributed by atoms with Gasteiger partial charge in [-0.2, -0.15) is 0 Å². The summed E-state index contributed by atoms with van der Waals surface area (Å²) in [6.45, 7) is 2.94. The maximum absolute atomic E-state index is 11.3. The van der Waals surface area contributed by atoms with Gasteiger partial charge in [0.25, 0.3) is 0 Å². The monoisotopic (exact) mass is 232 g/mol. The second kappa shape index (κ2) is 4.39. The highest BCUT2D eigenvalue weighted by Gasteiger charge is 2.31. The molecule has 2 rings (SSSR count). The third kappa shape index (κ3) is 2.71. The first kappa shape index (κ1) is 11.4. The summed E-state index contributed by atoms with van der Waals surface area (Å²) < 4.78 is 22.6. The fourth-order valence-corrected chi connectivity index (χ4v) is 4.10. The van der Waals surface area contributed by atoms with Gasteiger partial charge in [0.2, 0.25) is 0 Å². The van der Waals surface area contributed by atoms with E-state index in [1.807, 2.05) is 0 Å². The summed E-state index contributed by atoms with van der Waals surface area (Å²) in [7, 11) is -2.72. The van der Waals surface area contributed by atoms with Gasteiger partial charge in [-0.1, -0.05) is 0 Å². The molecule has 0 aromatic rings. The average molecular weight is 232 g/mol. The van der Waals surface area contributed by atoms with Crippen LogP contribution in [-0.4, -0.2) is 50.5 Å². The summed E-state index contributed by atoms with van der Waals surface area (Å²) in [5, 5.41) is 0. The molecule has 0 amide bonds. The standard InChI is InChI=1S/C10H20N2O2S/c11-7-9-1-4-12(8-9)10-2-5-15(13,14)6-3-10/h9-10H,1-8,11H2. The van der Waals surface area contributed by atoms with E-state index in [1.165, 1.54) is 6.42 Å². The van der Waals surface area contributed by atoms with Crippen LogP contribution >= 0.6 is 0 Å². The number of nitrogens with two attached hydrogens (primary N) is 1. The highest BCUT2D eigenvalue weighted by molar-refractivity contribution is 7.91. The molecule has 0 spiro atoms. The van der Waals surface area contributed by atoms with Gasteiger partial charge in [-0.3, -0.25) is 4.90 Å². The minimum atomic E-state index is -2.72. The Morgan fingerprint density at radius 1 is 1.20 bits per heavy atom. The first-order valence-electron chi connectivity index (χ1n) is 5.75. The molecule has 2 heterocycles. The molecule has 0 radical (unpaired) electrons. The Kier molecular flexibility index (Phi) is 3.33. The Bertz CT molecular complexity index is 301. The van der Waals surface area contributed by atoms with E-state index in [4.69, 9.17) is 5.73 Å². The first-order valence-corrected chi connectivity index (χ1v) is 7.57. The molecule has 0 aliphatic carbocycles. The molecule has 2 fully saturated rings. The number of likely N-dealkylation sites (tertiary alicyclic amines) is 1. The van der Waals surface area contributed by atoms with Gasteiger partial charge >= 0.3 is 0 Å². The number of hydrogen-bond donors (Lipinski definition) is 1. The number of sulfone groups is 1. The molecule has 15 heavy (non-hydrogen) atoms. The van der Waals surface area contributed by atoms with Crippen molar-refractivity contribution in [3.05, 3.63) is 0 Å². The first-order chi connectivity index (χ1) is 7.11. The summed E-state index contributed by atoms with van der Waals surface area (Å²) in [4.78, 5) is 2.44. The van der Waals surface area contributed by atoms with Crippen LogP contribution < -0.4 is 5.73 Å². The van der Waals surface area contributed by atoms with Gasteiger partial charge in [-0.25, -0.2) is 8.42 Å². The van der Waals surface area contributed by atoms with E-state index < -0.39 is 9.84 Å². The molecule has 2 N–H and O–H groups in total. The molecule has 2 aliphatic heterocycles. The van der Waals surface area contributed by atoms with Gasteiger partial charge in [0, 0.05) is 12.6 Å². The van der Waals surface area contributed by atoms with Gasteiger partial charge in [0.15, 0.2) is 0 Å². The van der Waals surface area contributed by atoms with Crippen molar-refractivity contribution in [2.75, 3.05) is 31.1 Å². The van der Waals surface area contributed by atoms with E-state index in [1.54, 1.807) is 0 Å². The van der Waals surface area contributed by atoms with Crippen molar-refractivity contribution >= 4 is 9.84 Å². The predicted octanol–water partition coefficient (Wildman–Crippen LogP) is -0.156. The van der Waals surface area contributed by atoms with Gasteiger partial charge in [0.05, 0.1) is 11.5 Å². The van der Waals surface area contributed by atoms with E-state index in [2.05, 4.69) is 4.90 Å². The minimum Gasteiger partial charge on any atom is -0.330 e. The van der Waals surface area contributed by atoms with Gasteiger partial charge in [-0.15, -0.1) is 0 Å². The van der Waals surface area contributed by atoms with E-state index in [0.717, 1.165) is 32.5 Å². The second-order valence-electron chi connectivity index (χ2n) is 4.77. The fourth-order valence-electron chi connectivity index (χ4n) is 2.63. The largest absolute Gasteiger partial charge is 0.330 e. The van der Waals surface area contributed by atoms with Crippen molar-refractivity contribution in [3.63, 3.8) is 0 Å². The third-order valence-corrected chi connectivity index (χ3v) is 5.41. The Balaban J connectivity index is 1.86. The topological polar surface area (TPSA) is 63.4 Å². The van der Waals surface area contributed by atoms with Crippen LogP contribution in [0.3, 0.4) is 0 Å². The van der Waals surface area contributed by atoms with E-state index in [0.29, 0.717) is 23.5 Å². The maximum Gasteiger partial charge on any atom is 0.150 e. The normalized spacial score (nSPS) is 33.3. The van der Waals surface area contributed by atoms with Crippen LogP contribution in [-0.2, 0) is 9.84 Å². The molecule has 2 aliphatic rings. The molecule has 1 unspecified atom stereocenters. The summed E-state index contributed by atoms with van der Waals surface area (Å²) in [6, 6.07) is 0.491. The predicted molar refractivity (Wildman–Crippen MR) is 60.4 cm³/mol. The lowest BCUT2D eigenvalue weighted by Crippen LogP contribution is -2.40. The zero-order valence-corrected chi connectivity index (χ0v) is 9.88. The van der Waals surface area contributed by atoms with Crippen molar-refractivity contribution in [2.45, 2.75) is 25.3 Å². The summed E-state index contributed by atoms with van der Waals surface area (Å²) in [5.74, 6) is 1.38. The molecule has 0 bridgehead atoms. The number of hydrogen-bond acceptors (Lipinski definition) is 4. The number of nitrogens with zero attached hydrogens (tertiary/aromatic N) is 1. The van der Waals surface area contributed by atoms with Crippen LogP contribution in [0.1, 0.15) is 19.3 Å². The minimum absolute atomic E-state index is 0.376. The second-order valence-corrected chi connectivity index (χ2v) is 7.07. The Labute approximate surface area is 91.7 Å². The third-order valence-electron chi connectivity index (χ3n) is 3.69. The van der Waals surface area contributed by atoms with Gasteiger partial charge < -0.3 is 5.73 Å². The zero-order valence-electron chi connectivity index (χ0n) is 9.06. The fraction of sp³-hybridized carbons (Fsp3) is 1.00. The van der Waals surface area contributed by atoms with E-state index in [-0.39, 0.29) is 0 Å². The molecular formula is C10H20N2O2S. The zero-order chi connectivity index (χ0) is 10.9. The Morgan fingerprint density at radius 2 is 1.87 bits per heavy atom. The van der Waals surface area contributed by atoms with Crippen molar-refractivity contribution in [1.82, 2.24) is 4.90 Å². The van der Waals surface area contributed by atoms with Crippen LogP contribution in [0.15, 0.2) is 0 Å². The van der Waals surface area contributed by atoms with Gasteiger partial charge in [-0.05, 0) is 38.3 Å². The van der Waals surface area contributed by atoms with Crippen molar-refractivity contribution < 1.29 is 8.42 Å². The van der Waals surface area contributed by atoms with E-state index in [9.17, 15) is 8.42 Å². The lowest BCUT2D eigenvalue weighted by atomic mass is 10.1. The SMILES string of the molecule is NCC1CCN(C2CCS(=O)(=O)CC2)C1. The highest BCUT2D eigenvalue weighted by atomic mass is 32.2. The molecule has 5 heteroatoms. The number of rotatable bonds is 2. The molecule has 88 valence electrons. The summed E-state index contributed by atoms with van der Waals surface area (Å²) in [5.41, 5.74) is 5.65. The average Bonchev–Trinajstić information content (AvgIpc) is 2.66. The van der Waals surface area contributed by atoms with Gasteiger partial charge in [0.1, 0.15) is 9.84 Å². The van der Waals surface area contributed by atoms with Crippen LogP contribution in [0.25, 0.3) is 0 Å². The lowest BCUT2D eigenvalue weighted by Gasteiger charge is -2.30. The maximum atomic E-state index is 11.3. The van der Waals surface area contributed by atoms with Crippen molar-refractivity contribution in [3.8, 4) is 0 Å². The molecule has 1 atom stereocenters. The van der Waals surface area contributed by atoms with Crippen LogP contribution in [0, 0.1) is 5.92 Å². The smallest absolute Gasteiger partial charge is 0.150 e. The van der Waals surface area contributed by atoms with Crippen molar-refractivity contribution in [2.24, 2.45) is 11.7 Å². The van der Waals surface area contributed by atoms with Crippen LogP contribution in [0.2, 0.25) is 0 Å². The molecule has 0 aromatic carbocycles. The summed E-state index contributed by atoms with van der Waals surface area (Å²) in [6.07, 6.45) is 2.82. The van der Waals surface area contributed by atoms with Crippen LogP contribution in [0.4, 0.5) is 0 Å². The van der Waals surface area contributed by atoms with E-state index >= 15 is 0 Å². The molecule has 4 nitrogen and oxygen atoms in total. The molecular weight excluding hydrogens is 212 g/mol. The molecule has 0 saturated carbocycles. The molecule has 0 aromatic heterocycles. The van der Waals surface area contributed by atoms with Crippen molar-refractivity contribution in [1.29, 1.82) is 0 Å². The quantitative estimate of drug-likeness (QED) is 0.719.